The molecule has 0 bridgehead atoms. The number of carbonyl (C=O) groups excluding carboxylic acids is 2. The number of nitrogens with zero attached hydrogens (tertiary/aromatic N) is 1. The predicted octanol–water partition coefficient (Wildman–Crippen LogP) is 2.48. The summed E-state index contributed by atoms with van der Waals surface area (Å²) in [4.78, 5) is 26.6. The van der Waals surface area contributed by atoms with Crippen molar-refractivity contribution in [2.75, 3.05) is 36.5 Å². The Bertz CT molecular complexity index is 801. The van der Waals surface area contributed by atoms with Crippen LogP contribution < -0.4 is 15.5 Å². The molecule has 142 valence electrons. The number of anilines is 2. The van der Waals surface area contributed by atoms with E-state index in [4.69, 9.17) is 4.74 Å². The van der Waals surface area contributed by atoms with Gasteiger partial charge in [-0.15, -0.1) is 0 Å². The predicted molar refractivity (Wildman–Crippen MR) is 106 cm³/mol. The number of benzene rings is 2. The Kier molecular flexibility index (Phi) is 6.44. The van der Waals surface area contributed by atoms with Gasteiger partial charge in [-0.05, 0) is 24.6 Å². The zero-order chi connectivity index (χ0) is 19.1. The first-order chi connectivity index (χ1) is 13.1. The maximum Gasteiger partial charge on any atom is 0.233 e. The molecule has 0 saturated carbocycles. The number of rotatable bonds is 6. The van der Waals surface area contributed by atoms with Crippen LogP contribution >= 0.6 is 0 Å². The third-order valence-electron chi connectivity index (χ3n) is 4.42. The molecule has 2 N–H and O–H groups in total. The van der Waals surface area contributed by atoms with Gasteiger partial charge in [0, 0.05) is 19.6 Å². The van der Waals surface area contributed by atoms with E-state index < -0.39 is 0 Å². The highest BCUT2D eigenvalue weighted by molar-refractivity contribution is 6.04. The van der Waals surface area contributed by atoms with E-state index in [1.54, 1.807) is 0 Å². The fourth-order valence-corrected chi connectivity index (χ4v) is 3.08. The maximum atomic E-state index is 12.3. The number of carbonyl (C=O) groups is 2. The summed E-state index contributed by atoms with van der Waals surface area (Å²) in [7, 11) is 0. The van der Waals surface area contributed by atoms with Crippen molar-refractivity contribution >= 4 is 23.2 Å². The zero-order valence-electron chi connectivity index (χ0n) is 15.5. The standard InChI is InChI=1S/C21H25N3O3/c1-16-5-4-6-17(13-16)15-22-20(25)14-21(26)23-18-7-2-3-8-19(18)24-9-11-27-12-10-24/h2-8,13H,9-12,14-15H2,1H3,(H,22,25)(H,23,26). The van der Waals surface area contributed by atoms with Crippen molar-refractivity contribution in [3.8, 4) is 0 Å². The van der Waals surface area contributed by atoms with Gasteiger partial charge >= 0.3 is 0 Å². The number of hydrogen-bond donors (Lipinski definition) is 2. The minimum atomic E-state index is -0.322. The van der Waals surface area contributed by atoms with Gasteiger partial charge in [-0.3, -0.25) is 9.59 Å². The van der Waals surface area contributed by atoms with E-state index in [0.29, 0.717) is 19.8 Å². The van der Waals surface area contributed by atoms with Crippen molar-refractivity contribution in [1.82, 2.24) is 5.32 Å². The summed E-state index contributed by atoms with van der Waals surface area (Å²) in [6, 6.07) is 15.6. The molecule has 27 heavy (non-hydrogen) atoms. The molecule has 1 fully saturated rings. The Morgan fingerprint density at radius 3 is 2.59 bits per heavy atom. The van der Waals surface area contributed by atoms with Crippen LogP contribution in [0.3, 0.4) is 0 Å². The van der Waals surface area contributed by atoms with Gasteiger partial charge in [-0.25, -0.2) is 0 Å². The van der Waals surface area contributed by atoms with Gasteiger partial charge in [0.1, 0.15) is 6.42 Å². The fraction of sp³-hybridized carbons (Fsp3) is 0.333. The molecule has 2 amide bonds. The lowest BCUT2D eigenvalue weighted by Gasteiger charge is -2.30. The second-order valence-electron chi connectivity index (χ2n) is 6.61. The number of amides is 2. The second kappa shape index (κ2) is 9.19. The Labute approximate surface area is 159 Å². The number of aryl methyl sites for hydroxylation is 1. The van der Waals surface area contributed by atoms with Gasteiger partial charge in [0.25, 0.3) is 0 Å². The first kappa shape index (κ1) is 18.9. The summed E-state index contributed by atoms with van der Waals surface area (Å²) in [5.41, 5.74) is 3.82. The Hall–Kier alpha value is -2.86. The van der Waals surface area contributed by atoms with Crippen molar-refractivity contribution in [2.24, 2.45) is 0 Å². The zero-order valence-corrected chi connectivity index (χ0v) is 15.5. The highest BCUT2D eigenvalue weighted by atomic mass is 16.5. The fourth-order valence-electron chi connectivity index (χ4n) is 3.08. The van der Waals surface area contributed by atoms with Crippen LogP contribution in [0.25, 0.3) is 0 Å². The van der Waals surface area contributed by atoms with Gasteiger partial charge in [-0.1, -0.05) is 42.0 Å². The van der Waals surface area contributed by atoms with Gasteiger partial charge in [0.05, 0.1) is 24.6 Å². The van der Waals surface area contributed by atoms with E-state index in [1.165, 1.54) is 0 Å². The number of nitrogens with one attached hydrogen (secondary N) is 2. The van der Waals surface area contributed by atoms with Crippen LogP contribution in [0.15, 0.2) is 48.5 Å². The van der Waals surface area contributed by atoms with Crippen LogP contribution in [0.4, 0.5) is 11.4 Å². The third kappa shape index (κ3) is 5.56. The largest absolute Gasteiger partial charge is 0.378 e. The average molecular weight is 367 g/mol. The van der Waals surface area contributed by atoms with Crippen molar-refractivity contribution in [1.29, 1.82) is 0 Å². The highest BCUT2D eigenvalue weighted by Gasteiger charge is 2.16. The quantitative estimate of drug-likeness (QED) is 0.770. The van der Waals surface area contributed by atoms with Crippen LogP contribution in [0.1, 0.15) is 17.5 Å². The van der Waals surface area contributed by atoms with E-state index in [0.717, 1.165) is 35.6 Å². The minimum Gasteiger partial charge on any atom is -0.378 e. The topological polar surface area (TPSA) is 70.7 Å². The molecule has 0 spiro atoms. The van der Waals surface area contributed by atoms with E-state index in [2.05, 4.69) is 15.5 Å². The lowest BCUT2D eigenvalue weighted by Crippen LogP contribution is -2.37. The number of ether oxygens (including phenoxy) is 1. The lowest BCUT2D eigenvalue weighted by molar-refractivity contribution is -0.126. The SMILES string of the molecule is Cc1cccc(CNC(=O)CC(=O)Nc2ccccc2N2CCOCC2)c1. The Balaban J connectivity index is 1.53. The van der Waals surface area contributed by atoms with Gasteiger partial charge in [0.2, 0.25) is 11.8 Å². The second-order valence-corrected chi connectivity index (χ2v) is 6.61. The van der Waals surface area contributed by atoms with Gasteiger partial charge < -0.3 is 20.3 Å². The molecule has 2 aromatic carbocycles. The molecule has 0 atom stereocenters. The van der Waals surface area contributed by atoms with Crippen molar-refractivity contribution in [3.05, 3.63) is 59.7 Å². The number of para-hydroxylation sites is 2. The molecular weight excluding hydrogens is 342 g/mol. The summed E-state index contributed by atoms with van der Waals surface area (Å²) in [5, 5.41) is 5.66. The van der Waals surface area contributed by atoms with Crippen molar-refractivity contribution in [2.45, 2.75) is 19.9 Å². The molecule has 1 aliphatic rings. The highest BCUT2D eigenvalue weighted by Crippen LogP contribution is 2.26. The summed E-state index contributed by atoms with van der Waals surface area (Å²) in [6.45, 7) is 5.32. The molecular formula is C21H25N3O3. The number of hydrogen-bond acceptors (Lipinski definition) is 4. The lowest BCUT2D eigenvalue weighted by atomic mass is 10.1. The maximum absolute atomic E-state index is 12.3. The molecule has 0 unspecified atom stereocenters. The van der Waals surface area contributed by atoms with E-state index in [9.17, 15) is 9.59 Å². The Morgan fingerprint density at radius 1 is 1.04 bits per heavy atom. The van der Waals surface area contributed by atoms with Crippen LogP contribution in [-0.2, 0) is 20.9 Å². The Morgan fingerprint density at radius 2 is 1.81 bits per heavy atom. The van der Waals surface area contributed by atoms with Gasteiger partial charge in [0.15, 0.2) is 0 Å². The molecule has 0 aromatic heterocycles. The van der Waals surface area contributed by atoms with E-state index >= 15 is 0 Å². The van der Waals surface area contributed by atoms with Crippen LogP contribution in [0.2, 0.25) is 0 Å². The summed E-state index contributed by atoms with van der Waals surface area (Å²) < 4.78 is 5.38. The molecule has 0 radical (unpaired) electrons. The van der Waals surface area contributed by atoms with Crippen LogP contribution in [0, 0.1) is 6.92 Å². The first-order valence-electron chi connectivity index (χ1n) is 9.15. The van der Waals surface area contributed by atoms with E-state index in [-0.39, 0.29) is 18.2 Å². The summed E-state index contributed by atoms with van der Waals surface area (Å²) in [5.74, 6) is -0.615. The van der Waals surface area contributed by atoms with E-state index in [1.807, 2.05) is 55.5 Å². The minimum absolute atomic E-state index is 0.205. The smallest absolute Gasteiger partial charge is 0.233 e. The molecule has 0 aliphatic carbocycles. The normalized spacial score (nSPS) is 13.9. The molecule has 1 saturated heterocycles. The molecule has 6 nitrogen and oxygen atoms in total. The first-order valence-corrected chi connectivity index (χ1v) is 9.15. The molecule has 6 heteroatoms. The molecule has 1 aliphatic heterocycles. The average Bonchev–Trinajstić information content (AvgIpc) is 2.67. The summed E-state index contributed by atoms with van der Waals surface area (Å²) >= 11 is 0. The van der Waals surface area contributed by atoms with Crippen molar-refractivity contribution < 1.29 is 14.3 Å². The third-order valence-corrected chi connectivity index (χ3v) is 4.42. The molecule has 2 aromatic rings. The van der Waals surface area contributed by atoms with Crippen LogP contribution in [0.5, 0.6) is 0 Å². The molecule has 3 rings (SSSR count). The summed E-state index contributed by atoms with van der Waals surface area (Å²) in [6.07, 6.45) is -0.205. The van der Waals surface area contributed by atoms with Gasteiger partial charge in [-0.2, -0.15) is 0 Å². The van der Waals surface area contributed by atoms with Crippen molar-refractivity contribution in [3.63, 3.8) is 0 Å². The monoisotopic (exact) mass is 367 g/mol. The molecule has 1 heterocycles. The van der Waals surface area contributed by atoms with Crippen LogP contribution in [-0.4, -0.2) is 38.1 Å². The number of morpholine rings is 1.